The Morgan fingerprint density at radius 2 is 2.22 bits per heavy atom. The first-order valence-electron chi connectivity index (χ1n) is 5.91. The van der Waals surface area contributed by atoms with Gasteiger partial charge >= 0.3 is 5.97 Å². The van der Waals surface area contributed by atoms with Gasteiger partial charge in [-0.1, -0.05) is 25.1 Å². The molecule has 0 saturated carbocycles. The summed E-state index contributed by atoms with van der Waals surface area (Å²) in [5, 5.41) is 0.954. The summed E-state index contributed by atoms with van der Waals surface area (Å²) >= 11 is 1.75. The fraction of sp³-hybridized carbons (Fsp3) is 0.286. The van der Waals surface area contributed by atoms with Crippen LogP contribution in [0.2, 0.25) is 0 Å². The van der Waals surface area contributed by atoms with Crippen molar-refractivity contribution in [3.63, 3.8) is 0 Å². The first-order chi connectivity index (χ1) is 8.81. The van der Waals surface area contributed by atoms with E-state index in [1.165, 1.54) is 0 Å². The van der Waals surface area contributed by atoms with Gasteiger partial charge in [0.05, 0.1) is 11.1 Å². The van der Waals surface area contributed by atoms with E-state index in [-0.39, 0.29) is 5.97 Å². The van der Waals surface area contributed by atoms with E-state index < -0.39 is 0 Å². The molecule has 0 atom stereocenters. The monoisotopic (exact) mass is 261 g/mol. The zero-order chi connectivity index (χ0) is 12.8. The van der Waals surface area contributed by atoms with Crippen LogP contribution in [0.4, 0.5) is 0 Å². The lowest BCUT2D eigenvalue weighted by atomic mass is 10.1. The molecule has 0 aliphatic rings. The summed E-state index contributed by atoms with van der Waals surface area (Å²) in [6.45, 7) is 2.53. The van der Waals surface area contributed by atoms with Crippen LogP contribution in [-0.2, 0) is 4.74 Å². The Labute approximate surface area is 111 Å². The average Bonchev–Trinajstić information content (AvgIpc) is 2.43. The van der Waals surface area contributed by atoms with Gasteiger partial charge in [-0.2, -0.15) is 11.8 Å². The molecule has 0 unspecified atom stereocenters. The van der Waals surface area contributed by atoms with Gasteiger partial charge < -0.3 is 4.74 Å². The molecular formula is C14H15NO2S. The highest BCUT2D eigenvalue weighted by Gasteiger charge is 2.08. The minimum Gasteiger partial charge on any atom is -0.461 e. The van der Waals surface area contributed by atoms with Crippen molar-refractivity contribution < 1.29 is 9.53 Å². The maximum atomic E-state index is 11.8. The Morgan fingerprint density at radius 1 is 1.39 bits per heavy atom. The summed E-state index contributed by atoms with van der Waals surface area (Å²) in [6, 6.07) is 9.53. The summed E-state index contributed by atoms with van der Waals surface area (Å²) in [5.41, 5.74) is 1.39. The molecule has 1 aromatic heterocycles. The van der Waals surface area contributed by atoms with Gasteiger partial charge in [0.1, 0.15) is 6.61 Å². The van der Waals surface area contributed by atoms with Gasteiger partial charge in [-0.3, -0.25) is 4.98 Å². The molecule has 4 heteroatoms. The van der Waals surface area contributed by atoms with Crippen molar-refractivity contribution in [2.75, 3.05) is 18.1 Å². The number of thioether (sulfide) groups is 1. The molecule has 2 aromatic rings. The van der Waals surface area contributed by atoms with E-state index in [9.17, 15) is 4.79 Å². The molecule has 0 aliphatic heterocycles. The molecule has 1 aromatic carbocycles. The van der Waals surface area contributed by atoms with Gasteiger partial charge in [-0.05, 0) is 17.9 Å². The molecule has 0 bridgehead atoms. The van der Waals surface area contributed by atoms with Gasteiger partial charge in [0, 0.05) is 17.3 Å². The number of para-hydroxylation sites is 1. The Balaban J connectivity index is 2.04. The third-order valence-electron chi connectivity index (χ3n) is 2.49. The molecule has 0 saturated heterocycles. The predicted octanol–water partition coefficient (Wildman–Crippen LogP) is 3.14. The van der Waals surface area contributed by atoms with E-state index >= 15 is 0 Å². The number of esters is 1. The van der Waals surface area contributed by atoms with E-state index in [1.807, 2.05) is 30.3 Å². The van der Waals surface area contributed by atoms with Crippen LogP contribution in [0.25, 0.3) is 10.9 Å². The van der Waals surface area contributed by atoms with Crippen molar-refractivity contribution in [1.82, 2.24) is 4.98 Å². The molecule has 0 fully saturated rings. The molecule has 3 nitrogen and oxygen atoms in total. The predicted molar refractivity (Wildman–Crippen MR) is 75.0 cm³/mol. The van der Waals surface area contributed by atoms with Gasteiger partial charge in [-0.15, -0.1) is 0 Å². The number of rotatable bonds is 5. The Morgan fingerprint density at radius 3 is 3.06 bits per heavy atom. The van der Waals surface area contributed by atoms with Crippen molar-refractivity contribution in [2.24, 2.45) is 0 Å². The SMILES string of the molecule is CCSCCOC(=O)c1cnc2ccccc2c1. The molecule has 0 radical (unpaired) electrons. The number of ether oxygens (including phenoxy) is 1. The number of fused-ring (bicyclic) bond motifs is 1. The van der Waals surface area contributed by atoms with E-state index in [2.05, 4.69) is 11.9 Å². The lowest BCUT2D eigenvalue weighted by Gasteiger charge is -2.04. The minimum atomic E-state index is -0.301. The molecule has 1 heterocycles. The fourth-order valence-electron chi connectivity index (χ4n) is 1.60. The van der Waals surface area contributed by atoms with Crippen LogP contribution in [0.1, 0.15) is 17.3 Å². The Hall–Kier alpha value is -1.55. The highest BCUT2D eigenvalue weighted by Crippen LogP contribution is 2.13. The molecule has 0 amide bonds. The smallest absolute Gasteiger partial charge is 0.339 e. The summed E-state index contributed by atoms with van der Waals surface area (Å²) in [5.74, 6) is 1.57. The average molecular weight is 261 g/mol. The van der Waals surface area contributed by atoms with Crippen LogP contribution in [0.3, 0.4) is 0 Å². The van der Waals surface area contributed by atoms with E-state index in [0.29, 0.717) is 12.2 Å². The molecule has 18 heavy (non-hydrogen) atoms. The van der Waals surface area contributed by atoms with Crippen LogP contribution in [0.15, 0.2) is 36.5 Å². The van der Waals surface area contributed by atoms with Gasteiger partial charge in [0.2, 0.25) is 0 Å². The second-order valence-corrected chi connectivity index (χ2v) is 5.14. The van der Waals surface area contributed by atoms with Crippen molar-refractivity contribution in [2.45, 2.75) is 6.92 Å². The highest BCUT2D eigenvalue weighted by molar-refractivity contribution is 7.99. The van der Waals surface area contributed by atoms with E-state index in [0.717, 1.165) is 22.4 Å². The summed E-state index contributed by atoms with van der Waals surface area (Å²) in [6.07, 6.45) is 1.57. The second kappa shape index (κ2) is 6.40. The summed E-state index contributed by atoms with van der Waals surface area (Å²) in [4.78, 5) is 16.0. The van der Waals surface area contributed by atoms with Crippen molar-refractivity contribution >= 4 is 28.6 Å². The number of hydrogen-bond acceptors (Lipinski definition) is 4. The summed E-state index contributed by atoms with van der Waals surface area (Å²) < 4.78 is 5.18. The number of carbonyl (C=O) groups is 1. The molecule has 94 valence electrons. The molecule has 0 N–H and O–H groups in total. The molecule has 0 aliphatic carbocycles. The molecular weight excluding hydrogens is 246 g/mol. The quantitative estimate of drug-likeness (QED) is 0.612. The Kier molecular flexibility index (Phi) is 4.59. The van der Waals surface area contributed by atoms with Gasteiger partial charge in [0.15, 0.2) is 0 Å². The lowest BCUT2D eigenvalue weighted by molar-refractivity contribution is 0.0530. The number of hydrogen-bond donors (Lipinski definition) is 0. The normalized spacial score (nSPS) is 10.5. The number of nitrogens with zero attached hydrogens (tertiary/aromatic N) is 1. The van der Waals surface area contributed by atoms with Crippen LogP contribution in [0, 0.1) is 0 Å². The number of benzene rings is 1. The van der Waals surface area contributed by atoms with Crippen molar-refractivity contribution in [3.05, 3.63) is 42.1 Å². The largest absolute Gasteiger partial charge is 0.461 e. The first-order valence-corrected chi connectivity index (χ1v) is 7.06. The number of aromatic nitrogens is 1. The lowest BCUT2D eigenvalue weighted by Crippen LogP contribution is -2.08. The van der Waals surface area contributed by atoms with Crippen LogP contribution >= 0.6 is 11.8 Å². The maximum Gasteiger partial charge on any atom is 0.339 e. The maximum absolute atomic E-state index is 11.8. The van der Waals surface area contributed by atoms with Crippen molar-refractivity contribution in [1.29, 1.82) is 0 Å². The standard InChI is InChI=1S/C14H15NO2S/c1-2-18-8-7-17-14(16)12-9-11-5-3-4-6-13(11)15-10-12/h3-6,9-10H,2,7-8H2,1H3. The second-order valence-electron chi connectivity index (χ2n) is 3.75. The Bertz CT molecular complexity index is 542. The molecule has 0 spiro atoms. The van der Waals surface area contributed by atoms with E-state index in [4.69, 9.17) is 4.74 Å². The van der Waals surface area contributed by atoms with Crippen LogP contribution in [-0.4, -0.2) is 29.1 Å². The number of pyridine rings is 1. The van der Waals surface area contributed by atoms with Gasteiger partial charge in [-0.25, -0.2) is 4.79 Å². The summed E-state index contributed by atoms with van der Waals surface area (Å²) in [7, 11) is 0. The zero-order valence-electron chi connectivity index (χ0n) is 10.3. The first kappa shape index (κ1) is 12.9. The third-order valence-corrected chi connectivity index (χ3v) is 3.35. The van der Waals surface area contributed by atoms with Gasteiger partial charge in [0.25, 0.3) is 0 Å². The fourth-order valence-corrected chi connectivity index (χ4v) is 2.09. The zero-order valence-corrected chi connectivity index (χ0v) is 11.1. The molecule has 2 rings (SSSR count). The van der Waals surface area contributed by atoms with Crippen LogP contribution in [0.5, 0.6) is 0 Å². The van der Waals surface area contributed by atoms with E-state index in [1.54, 1.807) is 18.0 Å². The number of carbonyl (C=O) groups excluding carboxylic acids is 1. The van der Waals surface area contributed by atoms with Crippen LogP contribution < -0.4 is 0 Å². The topological polar surface area (TPSA) is 39.2 Å². The minimum absolute atomic E-state index is 0.301. The van der Waals surface area contributed by atoms with Crippen molar-refractivity contribution in [3.8, 4) is 0 Å². The highest BCUT2D eigenvalue weighted by atomic mass is 32.2. The third kappa shape index (κ3) is 3.23.